The number of aryl methyl sites for hydroxylation is 1. The van der Waals surface area contributed by atoms with E-state index in [1.165, 1.54) is 6.07 Å². The lowest BCUT2D eigenvalue weighted by molar-refractivity contribution is -0.172. The summed E-state index contributed by atoms with van der Waals surface area (Å²) in [6.07, 6.45) is 2.56. The number of amides is 1. The normalized spacial score (nSPS) is 22.1. The average Bonchev–Trinajstić information content (AvgIpc) is 3.34. The van der Waals surface area contributed by atoms with Crippen molar-refractivity contribution in [3.8, 4) is 11.4 Å². The number of aromatic nitrogens is 2. The number of pyridine rings is 2. The number of halogens is 1. The van der Waals surface area contributed by atoms with Crippen LogP contribution in [0.2, 0.25) is 0 Å². The summed E-state index contributed by atoms with van der Waals surface area (Å²) in [6, 6.07) is 3.04. The maximum Gasteiger partial charge on any atom is 0.343 e. The molecular weight excluding hydrogens is 529 g/mol. The number of fused-ring (bicyclic) bond motifs is 5. The highest BCUT2D eigenvalue weighted by Gasteiger charge is 2.48. The van der Waals surface area contributed by atoms with E-state index in [9.17, 15) is 24.3 Å². The number of ether oxygens (including phenoxy) is 1. The summed E-state index contributed by atoms with van der Waals surface area (Å²) >= 11 is 0. The number of nitrogens with zero attached hydrogens (tertiary/aromatic N) is 3. The van der Waals surface area contributed by atoms with Gasteiger partial charge in [-0.3, -0.25) is 9.59 Å². The largest absolute Gasteiger partial charge is 0.458 e. The van der Waals surface area contributed by atoms with Gasteiger partial charge in [-0.2, -0.15) is 0 Å². The number of hydrogen-bond acceptors (Lipinski definition) is 7. The minimum atomic E-state index is -1.97. The summed E-state index contributed by atoms with van der Waals surface area (Å²) < 4.78 is 22.0. The summed E-state index contributed by atoms with van der Waals surface area (Å²) in [7, 11) is 1.74. The van der Waals surface area contributed by atoms with Crippen LogP contribution in [0.25, 0.3) is 22.3 Å². The first-order valence-electron chi connectivity index (χ1n) is 14.1. The molecule has 6 rings (SSSR count). The van der Waals surface area contributed by atoms with Gasteiger partial charge in [0, 0.05) is 42.5 Å². The van der Waals surface area contributed by atoms with Gasteiger partial charge in [0.1, 0.15) is 18.7 Å². The molecule has 2 aromatic heterocycles. The lowest BCUT2D eigenvalue weighted by Crippen LogP contribution is -2.49. The van der Waals surface area contributed by atoms with Gasteiger partial charge in [-0.05, 0) is 55.4 Å². The van der Waals surface area contributed by atoms with E-state index in [4.69, 9.17) is 9.72 Å². The average molecular weight is 562 g/mol. The maximum absolute atomic E-state index is 15.2. The molecule has 10 heteroatoms. The first-order chi connectivity index (χ1) is 19.5. The molecule has 0 saturated heterocycles. The molecule has 41 heavy (non-hydrogen) atoms. The first kappa shape index (κ1) is 27.3. The molecule has 0 saturated carbocycles. The van der Waals surface area contributed by atoms with Crippen molar-refractivity contribution in [2.75, 3.05) is 7.05 Å². The van der Waals surface area contributed by atoms with Crippen molar-refractivity contribution in [2.24, 2.45) is 0 Å². The molecule has 2 atom stereocenters. The lowest BCUT2D eigenvalue weighted by atomic mass is 9.70. The summed E-state index contributed by atoms with van der Waals surface area (Å²) in [5.74, 6) is -1.36. The van der Waals surface area contributed by atoms with Gasteiger partial charge in [0.05, 0.1) is 34.6 Å². The number of carbonyl (C=O) groups is 3. The Morgan fingerprint density at radius 3 is 2.66 bits per heavy atom. The first-order valence-corrected chi connectivity index (χ1v) is 14.1. The zero-order valence-electron chi connectivity index (χ0n) is 23.6. The van der Waals surface area contributed by atoms with Crippen molar-refractivity contribution in [3.63, 3.8) is 0 Å². The predicted octanol–water partition coefficient (Wildman–Crippen LogP) is 3.52. The summed E-state index contributed by atoms with van der Waals surface area (Å²) in [4.78, 5) is 57.5. The van der Waals surface area contributed by atoms with Crippen molar-refractivity contribution in [3.05, 3.63) is 61.7 Å². The Labute approximate surface area is 235 Å². The Balaban J connectivity index is 1.68. The molecule has 9 nitrogen and oxygen atoms in total. The lowest BCUT2D eigenvalue weighted by Gasteiger charge is -2.46. The van der Waals surface area contributed by atoms with Gasteiger partial charge in [0.2, 0.25) is 5.91 Å². The smallest absolute Gasteiger partial charge is 0.343 e. The molecule has 0 fully saturated rings. The standard InChI is InChI=1S/C31H32FN3O6/c1-5-30(34(4)24(37)8-7-11-36)10-9-17-16(3)21(32)13-22-25(17)26(30)18-14-35-23(27(18)33-22)12-20-19(28(35)38)15-41-29(39)31(20,40)6-2/h11-13,40H,5-10,14-15H2,1-4H3/t30-,31-/m0/s1. The molecule has 0 bridgehead atoms. The van der Waals surface area contributed by atoms with Gasteiger partial charge in [0.25, 0.3) is 5.56 Å². The zero-order chi connectivity index (χ0) is 29.4. The fraction of sp³-hybridized carbons (Fsp3) is 0.452. The number of hydrogen-bond donors (Lipinski definition) is 1. The van der Waals surface area contributed by atoms with Crippen molar-refractivity contribution >= 4 is 29.1 Å². The van der Waals surface area contributed by atoms with E-state index in [1.54, 1.807) is 36.4 Å². The van der Waals surface area contributed by atoms with E-state index in [1.807, 2.05) is 6.92 Å². The monoisotopic (exact) mass is 561 g/mol. The number of rotatable bonds is 6. The molecule has 1 aromatic carbocycles. The zero-order valence-corrected chi connectivity index (χ0v) is 23.6. The van der Waals surface area contributed by atoms with E-state index in [2.05, 4.69) is 0 Å². The summed E-state index contributed by atoms with van der Waals surface area (Å²) in [5.41, 5.74) is 1.57. The van der Waals surface area contributed by atoms with Crippen LogP contribution in [0, 0.1) is 12.7 Å². The number of cyclic esters (lactones) is 1. The second kappa shape index (κ2) is 9.30. The molecule has 214 valence electrons. The van der Waals surface area contributed by atoms with Crippen molar-refractivity contribution in [1.82, 2.24) is 14.5 Å². The third-order valence-corrected chi connectivity index (χ3v) is 9.63. The third-order valence-electron chi connectivity index (χ3n) is 9.63. The molecule has 0 radical (unpaired) electrons. The maximum atomic E-state index is 15.2. The molecule has 1 N–H and O–H groups in total. The minimum absolute atomic E-state index is 0.0193. The number of aldehydes is 1. The number of esters is 1. The van der Waals surface area contributed by atoms with E-state index >= 15 is 4.39 Å². The van der Waals surface area contributed by atoms with Crippen LogP contribution in [0.3, 0.4) is 0 Å². The minimum Gasteiger partial charge on any atom is -0.458 e. The molecule has 2 aliphatic heterocycles. The molecule has 0 spiro atoms. The van der Waals surface area contributed by atoms with E-state index in [0.717, 1.165) is 28.4 Å². The van der Waals surface area contributed by atoms with Gasteiger partial charge in [-0.1, -0.05) is 13.8 Å². The second-order valence-corrected chi connectivity index (χ2v) is 11.3. The Hall–Kier alpha value is -3.92. The highest BCUT2D eigenvalue weighted by Crippen LogP contribution is 2.51. The van der Waals surface area contributed by atoms with Crippen LogP contribution in [0.4, 0.5) is 4.39 Å². The van der Waals surface area contributed by atoms with Crippen molar-refractivity contribution in [2.45, 2.75) is 83.6 Å². The van der Waals surface area contributed by atoms with Crippen LogP contribution in [-0.2, 0) is 49.8 Å². The molecule has 1 aliphatic carbocycles. The summed E-state index contributed by atoms with van der Waals surface area (Å²) in [6.45, 7) is 5.32. The Bertz CT molecular complexity index is 1750. The highest BCUT2D eigenvalue weighted by atomic mass is 19.1. The van der Waals surface area contributed by atoms with E-state index in [0.29, 0.717) is 41.7 Å². The molecule has 3 aliphatic rings. The molecular formula is C31H32FN3O6. The van der Waals surface area contributed by atoms with Gasteiger partial charge in [-0.15, -0.1) is 0 Å². The fourth-order valence-electron chi connectivity index (χ4n) is 7.19. The van der Waals surface area contributed by atoms with Crippen LogP contribution >= 0.6 is 0 Å². The number of benzene rings is 1. The SMILES string of the molecule is CC[C@]1(N(C)C(=O)CCC=O)CCc2c(C)c(F)cc3nc4c(c1c23)Cn1c-4cc2c(c1=O)COC(=O)[C@]2(O)CC. The number of aliphatic hydroxyl groups is 1. The Morgan fingerprint density at radius 2 is 1.98 bits per heavy atom. The highest BCUT2D eigenvalue weighted by molar-refractivity contribution is 5.94. The molecule has 0 unspecified atom stereocenters. The van der Waals surface area contributed by atoms with Gasteiger partial charge >= 0.3 is 5.97 Å². The van der Waals surface area contributed by atoms with Crippen molar-refractivity contribution < 1.29 is 28.6 Å². The van der Waals surface area contributed by atoms with Crippen molar-refractivity contribution in [1.29, 1.82) is 0 Å². The van der Waals surface area contributed by atoms with Crippen LogP contribution in [0.5, 0.6) is 0 Å². The predicted molar refractivity (Wildman–Crippen MR) is 148 cm³/mol. The quantitative estimate of drug-likeness (QED) is 0.283. The third kappa shape index (κ3) is 3.52. The van der Waals surface area contributed by atoms with Crippen LogP contribution in [0.15, 0.2) is 16.9 Å². The van der Waals surface area contributed by atoms with E-state index < -0.39 is 17.1 Å². The molecule has 1 amide bonds. The Morgan fingerprint density at radius 1 is 1.22 bits per heavy atom. The fourth-order valence-corrected chi connectivity index (χ4v) is 7.19. The number of carbonyl (C=O) groups excluding carboxylic acids is 3. The van der Waals surface area contributed by atoms with Crippen LogP contribution in [0.1, 0.15) is 79.3 Å². The van der Waals surface area contributed by atoms with Crippen LogP contribution in [-0.4, -0.2) is 44.8 Å². The van der Waals surface area contributed by atoms with Crippen LogP contribution < -0.4 is 5.56 Å². The van der Waals surface area contributed by atoms with Gasteiger partial charge in [0.15, 0.2) is 5.60 Å². The molecule has 3 aromatic rings. The topological polar surface area (TPSA) is 119 Å². The molecule has 4 heterocycles. The van der Waals surface area contributed by atoms with E-state index in [-0.39, 0.29) is 60.8 Å². The second-order valence-electron chi connectivity index (χ2n) is 11.3. The summed E-state index contributed by atoms with van der Waals surface area (Å²) in [5, 5.41) is 12.0. The Kier molecular flexibility index (Phi) is 6.19. The van der Waals surface area contributed by atoms with Gasteiger partial charge < -0.3 is 24.1 Å². The van der Waals surface area contributed by atoms with Gasteiger partial charge in [-0.25, -0.2) is 14.2 Å².